The molecule has 1 fully saturated rings. The van der Waals surface area contributed by atoms with Crippen LogP contribution >= 0.6 is 11.3 Å². The molecule has 0 aliphatic carbocycles. The van der Waals surface area contributed by atoms with Gasteiger partial charge in [0.2, 0.25) is 10.0 Å². The first-order chi connectivity index (χ1) is 15.7. The van der Waals surface area contributed by atoms with Gasteiger partial charge in [-0.15, -0.1) is 0 Å². The number of amides is 1. The molecule has 1 aromatic heterocycles. The number of thiazole rings is 1. The van der Waals surface area contributed by atoms with Gasteiger partial charge < -0.3 is 9.30 Å². The van der Waals surface area contributed by atoms with Crippen LogP contribution in [0.3, 0.4) is 0 Å². The first kappa shape index (κ1) is 23.3. The summed E-state index contributed by atoms with van der Waals surface area (Å²) in [4.78, 5) is 29.4. The van der Waals surface area contributed by atoms with Crippen LogP contribution in [0.5, 0.6) is 0 Å². The van der Waals surface area contributed by atoms with Gasteiger partial charge in [0.1, 0.15) is 0 Å². The Balaban J connectivity index is 1.60. The topological polar surface area (TPSA) is 98.0 Å². The fourth-order valence-electron chi connectivity index (χ4n) is 3.92. The molecule has 8 nitrogen and oxygen atoms in total. The number of hydrogen-bond donors (Lipinski definition) is 0. The van der Waals surface area contributed by atoms with E-state index in [0.717, 1.165) is 23.1 Å². The predicted molar refractivity (Wildman–Crippen MR) is 126 cm³/mol. The summed E-state index contributed by atoms with van der Waals surface area (Å²) in [5, 5.41) is 0. The van der Waals surface area contributed by atoms with E-state index in [1.165, 1.54) is 47.0 Å². The van der Waals surface area contributed by atoms with Crippen molar-refractivity contribution < 1.29 is 22.7 Å². The van der Waals surface area contributed by atoms with Crippen molar-refractivity contribution in [3.05, 3.63) is 58.4 Å². The van der Waals surface area contributed by atoms with E-state index < -0.39 is 21.9 Å². The third-order valence-corrected chi connectivity index (χ3v) is 8.76. The largest absolute Gasteiger partial charge is 0.465 e. The van der Waals surface area contributed by atoms with Crippen LogP contribution in [0.25, 0.3) is 10.2 Å². The Bertz CT molecular complexity index is 1390. The first-order valence-corrected chi connectivity index (χ1v) is 12.8. The number of carbonyl (C=O) groups is 2. The minimum absolute atomic E-state index is 0.177. The second kappa shape index (κ2) is 9.20. The number of esters is 1. The molecule has 1 aliphatic rings. The van der Waals surface area contributed by atoms with Crippen LogP contribution < -0.4 is 4.80 Å². The number of benzene rings is 2. The molecular formula is C23H25N3O5S2. The van der Waals surface area contributed by atoms with E-state index in [-0.39, 0.29) is 4.90 Å². The minimum atomic E-state index is -3.58. The van der Waals surface area contributed by atoms with Gasteiger partial charge in [-0.2, -0.15) is 9.30 Å². The maximum Gasteiger partial charge on any atom is 0.337 e. The lowest BCUT2D eigenvalue weighted by molar-refractivity contribution is 0.0600. The molecule has 0 unspecified atom stereocenters. The zero-order valence-electron chi connectivity index (χ0n) is 18.6. The van der Waals surface area contributed by atoms with Crippen LogP contribution in [0, 0.1) is 5.92 Å². The second-order valence-corrected chi connectivity index (χ2v) is 11.1. The van der Waals surface area contributed by atoms with Gasteiger partial charge in [-0.1, -0.05) is 18.3 Å². The molecule has 33 heavy (non-hydrogen) atoms. The Morgan fingerprint density at radius 2 is 1.82 bits per heavy atom. The summed E-state index contributed by atoms with van der Waals surface area (Å²) in [7, 11) is -0.469. The molecule has 2 aromatic carbocycles. The molecule has 3 aromatic rings. The van der Waals surface area contributed by atoms with Crippen molar-refractivity contribution in [2.75, 3.05) is 20.2 Å². The molecule has 0 radical (unpaired) electrons. The van der Waals surface area contributed by atoms with Crippen molar-refractivity contribution in [1.82, 2.24) is 8.87 Å². The number of aryl methyl sites for hydroxylation is 1. The second-order valence-electron chi connectivity index (χ2n) is 8.17. The van der Waals surface area contributed by atoms with E-state index in [9.17, 15) is 18.0 Å². The highest BCUT2D eigenvalue weighted by Gasteiger charge is 2.28. The molecule has 4 rings (SSSR count). The highest BCUT2D eigenvalue weighted by molar-refractivity contribution is 7.89. The van der Waals surface area contributed by atoms with Gasteiger partial charge in [0.25, 0.3) is 5.91 Å². The Labute approximate surface area is 196 Å². The quantitative estimate of drug-likeness (QED) is 0.527. The van der Waals surface area contributed by atoms with E-state index in [1.807, 2.05) is 0 Å². The average Bonchev–Trinajstić information content (AvgIpc) is 3.13. The summed E-state index contributed by atoms with van der Waals surface area (Å²) in [6.07, 6.45) is 1.88. The van der Waals surface area contributed by atoms with Crippen molar-refractivity contribution in [3.8, 4) is 0 Å². The van der Waals surface area contributed by atoms with Crippen LogP contribution in [-0.2, 0) is 21.8 Å². The zero-order chi connectivity index (χ0) is 23.8. The Morgan fingerprint density at radius 3 is 2.48 bits per heavy atom. The first-order valence-electron chi connectivity index (χ1n) is 10.6. The molecule has 1 aliphatic heterocycles. The summed E-state index contributed by atoms with van der Waals surface area (Å²) in [6.45, 7) is 3.08. The maximum absolute atomic E-state index is 12.9. The number of aromatic nitrogens is 1. The fraction of sp³-hybridized carbons (Fsp3) is 0.348. The number of methoxy groups -OCH3 is 1. The van der Waals surface area contributed by atoms with Crippen molar-refractivity contribution >= 4 is 43.5 Å². The molecule has 0 N–H and O–H groups in total. The summed E-state index contributed by atoms with van der Waals surface area (Å²) in [5.41, 5.74) is 1.55. The van der Waals surface area contributed by atoms with Gasteiger partial charge in [-0.05, 0) is 61.2 Å². The van der Waals surface area contributed by atoms with Gasteiger partial charge in [-0.25, -0.2) is 13.2 Å². The van der Waals surface area contributed by atoms with Crippen LogP contribution in [0.15, 0.2) is 52.4 Å². The van der Waals surface area contributed by atoms with E-state index in [1.54, 1.807) is 29.8 Å². The highest BCUT2D eigenvalue weighted by atomic mass is 32.2. The number of piperidine rings is 1. The van der Waals surface area contributed by atoms with E-state index in [4.69, 9.17) is 4.74 Å². The van der Waals surface area contributed by atoms with E-state index in [2.05, 4.69) is 11.9 Å². The fourth-order valence-corrected chi connectivity index (χ4v) is 6.57. The molecule has 1 amide bonds. The number of ether oxygens (including phenoxy) is 1. The molecular weight excluding hydrogens is 462 g/mol. The Morgan fingerprint density at radius 1 is 1.12 bits per heavy atom. The average molecular weight is 488 g/mol. The van der Waals surface area contributed by atoms with Gasteiger partial charge in [-0.3, -0.25) is 4.79 Å². The highest BCUT2D eigenvalue weighted by Crippen LogP contribution is 2.24. The van der Waals surface area contributed by atoms with Crippen LogP contribution in [0.2, 0.25) is 0 Å². The molecule has 0 bridgehead atoms. The van der Waals surface area contributed by atoms with Crippen LogP contribution in [0.1, 0.15) is 40.5 Å². The van der Waals surface area contributed by atoms with Crippen LogP contribution in [0.4, 0.5) is 0 Å². The van der Waals surface area contributed by atoms with Crippen molar-refractivity contribution in [1.29, 1.82) is 0 Å². The lowest BCUT2D eigenvalue weighted by Crippen LogP contribution is -2.39. The zero-order valence-corrected chi connectivity index (χ0v) is 20.3. The Kier molecular flexibility index (Phi) is 6.51. The van der Waals surface area contributed by atoms with Gasteiger partial charge in [0, 0.05) is 25.7 Å². The molecule has 10 heteroatoms. The summed E-state index contributed by atoms with van der Waals surface area (Å²) >= 11 is 1.28. The summed E-state index contributed by atoms with van der Waals surface area (Å²) in [6, 6.07) is 11.1. The van der Waals surface area contributed by atoms with Crippen LogP contribution in [-0.4, -0.2) is 49.4 Å². The summed E-state index contributed by atoms with van der Waals surface area (Å²) in [5.74, 6) is -0.573. The molecule has 1 saturated heterocycles. The number of rotatable bonds is 4. The lowest BCUT2D eigenvalue weighted by Gasteiger charge is -2.30. The third-order valence-electron chi connectivity index (χ3n) is 5.79. The number of nitrogens with zero attached hydrogens (tertiary/aromatic N) is 3. The molecule has 0 saturated carbocycles. The van der Waals surface area contributed by atoms with Crippen molar-refractivity contribution in [2.24, 2.45) is 18.0 Å². The molecule has 2 heterocycles. The SMILES string of the molecule is COC(=O)c1ccc2c(c1)sc(=NC(=O)c1ccc(S(=O)(=O)N3CCC[C@H](C)C3)cc1)n2C. The minimum Gasteiger partial charge on any atom is -0.465 e. The Hall–Kier alpha value is -2.82. The smallest absolute Gasteiger partial charge is 0.337 e. The van der Waals surface area contributed by atoms with Gasteiger partial charge >= 0.3 is 5.97 Å². The monoisotopic (exact) mass is 487 g/mol. The number of hydrogen-bond acceptors (Lipinski definition) is 6. The maximum atomic E-state index is 12.9. The molecule has 0 spiro atoms. The van der Waals surface area contributed by atoms with E-state index in [0.29, 0.717) is 34.9 Å². The lowest BCUT2D eigenvalue weighted by atomic mass is 10.0. The van der Waals surface area contributed by atoms with Crippen molar-refractivity contribution in [2.45, 2.75) is 24.7 Å². The van der Waals surface area contributed by atoms with Gasteiger partial charge in [0.05, 0.1) is 27.8 Å². The van der Waals surface area contributed by atoms with E-state index >= 15 is 0 Å². The predicted octanol–water partition coefficient (Wildman–Crippen LogP) is 3.19. The van der Waals surface area contributed by atoms with Gasteiger partial charge in [0.15, 0.2) is 4.80 Å². The number of fused-ring (bicyclic) bond motifs is 1. The number of carbonyl (C=O) groups excluding carboxylic acids is 2. The molecule has 174 valence electrons. The third kappa shape index (κ3) is 4.64. The van der Waals surface area contributed by atoms with Crippen molar-refractivity contribution in [3.63, 3.8) is 0 Å². The summed E-state index contributed by atoms with van der Waals surface area (Å²) < 4.78 is 34.7. The standard InChI is InChI=1S/C23H25N3O5S2/c1-15-5-4-12-26(14-15)33(29,30)18-9-6-16(7-10-18)21(27)24-23-25(2)19-11-8-17(22(28)31-3)13-20(19)32-23/h6-11,13,15H,4-5,12,14H2,1-3H3/t15-/m0/s1. The normalized spacial score (nSPS) is 17.9. The number of sulfonamides is 1. The molecule has 1 atom stereocenters.